The second kappa shape index (κ2) is 3.73. The molecular weight excluding hydrogens is 235 g/mol. The zero-order valence-corrected chi connectivity index (χ0v) is 9.18. The lowest BCUT2D eigenvalue weighted by atomic mass is 10.2. The number of H-pyrrole nitrogens is 1. The average molecular weight is 244 g/mol. The van der Waals surface area contributed by atoms with E-state index in [0.717, 1.165) is 0 Å². The largest absolute Gasteiger partial charge is 0.508 e. The Hall–Kier alpha value is -2.56. The van der Waals surface area contributed by atoms with Crippen LogP contribution in [0.4, 0.5) is 4.39 Å². The molecule has 0 bridgehead atoms. The van der Waals surface area contributed by atoms with Crippen LogP contribution in [0.5, 0.6) is 11.5 Å². The Morgan fingerprint density at radius 1 is 1.06 bits per heavy atom. The molecule has 90 valence electrons. The van der Waals surface area contributed by atoms with Crippen LogP contribution in [0.2, 0.25) is 0 Å². The van der Waals surface area contributed by atoms with Gasteiger partial charge in [0.2, 0.25) is 0 Å². The molecule has 0 aliphatic carbocycles. The first-order chi connectivity index (χ1) is 8.63. The topological polar surface area (TPSA) is 69.1 Å². The van der Waals surface area contributed by atoms with E-state index in [2.05, 4.69) is 9.97 Å². The van der Waals surface area contributed by atoms with Crippen molar-refractivity contribution >= 4 is 11.0 Å². The summed E-state index contributed by atoms with van der Waals surface area (Å²) in [6.45, 7) is 0. The number of aromatic nitrogens is 2. The number of aromatic amines is 1. The molecule has 3 N–H and O–H groups in total. The number of phenolic OH excluding ortho intramolecular Hbond substituents is 2. The van der Waals surface area contributed by atoms with Gasteiger partial charge in [-0.25, -0.2) is 9.37 Å². The third kappa shape index (κ3) is 1.66. The highest BCUT2D eigenvalue weighted by molar-refractivity contribution is 5.80. The van der Waals surface area contributed by atoms with E-state index in [9.17, 15) is 14.6 Å². The number of hydrogen-bond acceptors (Lipinski definition) is 3. The number of rotatable bonds is 1. The minimum absolute atomic E-state index is 0.0293. The number of halogens is 1. The van der Waals surface area contributed by atoms with Crippen molar-refractivity contribution in [2.45, 2.75) is 0 Å². The summed E-state index contributed by atoms with van der Waals surface area (Å²) in [4.78, 5) is 7.17. The Morgan fingerprint density at radius 2 is 1.89 bits per heavy atom. The summed E-state index contributed by atoms with van der Waals surface area (Å²) in [5.74, 6) is -0.0475. The van der Waals surface area contributed by atoms with E-state index >= 15 is 0 Å². The molecule has 1 aromatic heterocycles. The number of nitrogens with zero attached hydrogens (tertiary/aromatic N) is 1. The minimum atomic E-state index is -0.354. The number of nitrogens with one attached hydrogen (secondary N) is 1. The van der Waals surface area contributed by atoms with Crippen LogP contribution < -0.4 is 0 Å². The maximum atomic E-state index is 13.1. The summed E-state index contributed by atoms with van der Waals surface area (Å²) >= 11 is 0. The lowest BCUT2D eigenvalue weighted by molar-refractivity contribution is 0.451. The molecule has 3 rings (SSSR count). The van der Waals surface area contributed by atoms with Crippen LogP contribution >= 0.6 is 0 Å². The fourth-order valence-corrected chi connectivity index (χ4v) is 1.83. The predicted molar refractivity (Wildman–Crippen MR) is 64.8 cm³/mol. The van der Waals surface area contributed by atoms with Gasteiger partial charge in [-0.3, -0.25) is 0 Å². The quantitative estimate of drug-likeness (QED) is 0.616. The molecule has 0 unspecified atom stereocenters. The molecule has 0 saturated heterocycles. The molecule has 0 atom stereocenters. The number of imidazole rings is 1. The van der Waals surface area contributed by atoms with E-state index in [1.165, 1.54) is 24.3 Å². The van der Waals surface area contributed by atoms with E-state index in [1.54, 1.807) is 12.1 Å². The number of hydrogen-bond donors (Lipinski definition) is 3. The van der Waals surface area contributed by atoms with E-state index in [1.807, 2.05) is 0 Å². The highest BCUT2D eigenvalue weighted by Gasteiger charge is 2.10. The van der Waals surface area contributed by atoms with E-state index in [-0.39, 0.29) is 17.3 Å². The molecule has 3 aromatic rings. The second-order valence-electron chi connectivity index (χ2n) is 3.95. The SMILES string of the molecule is Oc1ccc(-c2nc3ccc(F)cc3[nH]2)c(O)c1. The second-order valence-corrected chi connectivity index (χ2v) is 3.95. The molecule has 1 heterocycles. The Morgan fingerprint density at radius 3 is 2.67 bits per heavy atom. The maximum Gasteiger partial charge on any atom is 0.142 e. The molecule has 2 aromatic carbocycles. The van der Waals surface area contributed by atoms with Gasteiger partial charge in [-0.1, -0.05) is 0 Å². The number of phenols is 2. The monoisotopic (exact) mass is 244 g/mol. The molecule has 0 amide bonds. The highest BCUT2D eigenvalue weighted by Crippen LogP contribution is 2.31. The van der Waals surface area contributed by atoms with Crippen molar-refractivity contribution in [3.63, 3.8) is 0 Å². The molecule has 5 heteroatoms. The van der Waals surface area contributed by atoms with Gasteiger partial charge in [-0.05, 0) is 30.3 Å². The Bertz CT molecular complexity index is 737. The van der Waals surface area contributed by atoms with Crippen LogP contribution in [-0.2, 0) is 0 Å². The molecule has 0 fully saturated rings. The zero-order valence-electron chi connectivity index (χ0n) is 9.18. The lowest BCUT2D eigenvalue weighted by Gasteiger charge is -2.00. The van der Waals surface area contributed by atoms with Crippen molar-refractivity contribution in [3.05, 3.63) is 42.2 Å². The Kier molecular flexibility index (Phi) is 2.19. The predicted octanol–water partition coefficient (Wildman–Crippen LogP) is 2.78. The average Bonchev–Trinajstić information content (AvgIpc) is 2.71. The molecule has 0 spiro atoms. The van der Waals surface area contributed by atoms with E-state index < -0.39 is 0 Å². The van der Waals surface area contributed by atoms with E-state index in [0.29, 0.717) is 22.4 Å². The van der Waals surface area contributed by atoms with Crippen molar-refractivity contribution in [3.8, 4) is 22.9 Å². The number of benzene rings is 2. The van der Waals surface area contributed by atoms with Crippen LogP contribution in [0.1, 0.15) is 0 Å². The van der Waals surface area contributed by atoms with Gasteiger partial charge in [-0.2, -0.15) is 0 Å². The van der Waals surface area contributed by atoms with Crippen LogP contribution in [0.25, 0.3) is 22.4 Å². The smallest absolute Gasteiger partial charge is 0.142 e. The molecule has 18 heavy (non-hydrogen) atoms. The standard InChI is InChI=1S/C13H9FN2O2/c14-7-1-4-10-11(5-7)16-13(15-10)9-3-2-8(17)6-12(9)18/h1-6,17-18H,(H,15,16). The van der Waals surface area contributed by atoms with E-state index in [4.69, 9.17) is 0 Å². The van der Waals surface area contributed by atoms with Crippen LogP contribution in [0.3, 0.4) is 0 Å². The van der Waals surface area contributed by atoms with Crippen molar-refractivity contribution < 1.29 is 14.6 Å². The van der Waals surface area contributed by atoms with Crippen LogP contribution in [-0.4, -0.2) is 20.2 Å². The van der Waals surface area contributed by atoms with Gasteiger partial charge >= 0.3 is 0 Å². The molecular formula is C13H9FN2O2. The first kappa shape index (κ1) is 10.6. The van der Waals surface area contributed by atoms with Crippen molar-refractivity contribution in [1.29, 1.82) is 0 Å². The maximum absolute atomic E-state index is 13.1. The summed E-state index contributed by atoms with van der Waals surface area (Å²) in [7, 11) is 0. The first-order valence-electron chi connectivity index (χ1n) is 5.31. The number of fused-ring (bicyclic) bond motifs is 1. The van der Waals surface area contributed by atoms with Gasteiger partial charge in [0.25, 0.3) is 0 Å². The van der Waals surface area contributed by atoms with Crippen molar-refractivity contribution in [2.24, 2.45) is 0 Å². The summed E-state index contributed by atoms with van der Waals surface area (Å²) in [5, 5.41) is 19.0. The summed E-state index contributed by atoms with van der Waals surface area (Å²) < 4.78 is 13.1. The fourth-order valence-electron chi connectivity index (χ4n) is 1.83. The Labute approximate surface area is 101 Å². The number of aromatic hydroxyl groups is 2. The van der Waals surface area contributed by atoms with Gasteiger partial charge in [0.1, 0.15) is 23.1 Å². The summed E-state index contributed by atoms with van der Waals surface area (Å²) in [5.41, 5.74) is 1.61. The van der Waals surface area contributed by atoms with Crippen LogP contribution in [0, 0.1) is 5.82 Å². The lowest BCUT2D eigenvalue weighted by Crippen LogP contribution is -1.81. The van der Waals surface area contributed by atoms with Crippen molar-refractivity contribution in [1.82, 2.24) is 9.97 Å². The Balaban J connectivity index is 2.19. The molecule has 0 aliphatic rings. The van der Waals surface area contributed by atoms with Gasteiger partial charge < -0.3 is 15.2 Å². The summed E-state index contributed by atoms with van der Waals surface area (Å²) in [6.07, 6.45) is 0. The minimum Gasteiger partial charge on any atom is -0.508 e. The molecule has 0 saturated carbocycles. The zero-order chi connectivity index (χ0) is 12.7. The third-order valence-electron chi connectivity index (χ3n) is 2.68. The van der Waals surface area contributed by atoms with Gasteiger partial charge in [0, 0.05) is 6.07 Å². The fraction of sp³-hybridized carbons (Fsp3) is 0. The highest BCUT2D eigenvalue weighted by atomic mass is 19.1. The third-order valence-corrected chi connectivity index (χ3v) is 2.68. The van der Waals surface area contributed by atoms with Crippen LogP contribution in [0.15, 0.2) is 36.4 Å². The summed E-state index contributed by atoms with van der Waals surface area (Å²) in [6, 6.07) is 8.43. The molecule has 0 aliphatic heterocycles. The van der Waals surface area contributed by atoms with Gasteiger partial charge in [0.05, 0.1) is 16.6 Å². The van der Waals surface area contributed by atoms with Gasteiger partial charge in [-0.15, -0.1) is 0 Å². The first-order valence-corrected chi connectivity index (χ1v) is 5.31. The van der Waals surface area contributed by atoms with Crippen molar-refractivity contribution in [2.75, 3.05) is 0 Å². The van der Waals surface area contributed by atoms with Gasteiger partial charge in [0.15, 0.2) is 0 Å². The normalized spacial score (nSPS) is 10.9. The molecule has 0 radical (unpaired) electrons. The molecule has 4 nitrogen and oxygen atoms in total.